The highest BCUT2D eigenvalue weighted by Crippen LogP contribution is 2.45. The summed E-state index contributed by atoms with van der Waals surface area (Å²) in [6.07, 6.45) is 3.55. The van der Waals surface area contributed by atoms with Crippen molar-refractivity contribution in [3.63, 3.8) is 0 Å². The number of benzene rings is 1. The molecule has 1 aliphatic carbocycles. The molecule has 1 aliphatic heterocycles. The summed E-state index contributed by atoms with van der Waals surface area (Å²) in [5, 5.41) is 12.0. The lowest BCUT2D eigenvalue weighted by atomic mass is 9.91. The lowest BCUT2D eigenvalue weighted by Crippen LogP contribution is -2.64. The van der Waals surface area contributed by atoms with Gasteiger partial charge in [-0.15, -0.1) is 0 Å². The van der Waals surface area contributed by atoms with Crippen LogP contribution in [0, 0.1) is 5.92 Å². The lowest BCUT2D eigenvalue weighted by Gasteiger charge is -2.45. The van der Waals surface area contributed by atoms with E-state index in [-0.39, 0.29) is 19.0 Å². The Bertz CT molecular complexity index is 629. The van der Waals surface area contributed by atoms with E-state index in [2.05, 4.69) is 0 Å². The van der Waals surface area contributed by atoms with Crippen LogP contribution in [0.1, 0.15) is 18.4 Å². The van der Waals surface area contributed by atoms with Gasteiger partial charge in [-0.25, -0.2) is 8.42 Å². The second kappa shape index (κ2) is 4.84. The summed E-state index contributed by atoms with van der Waals surface area (Å²) in [5.41, 5.74) is -0.0165. The minimum absolute atomic E-state index is 0.213. The Hall–Kier alpha value is -0.880. The Morgan fingerprint density at radius 2 is 1.85 bits per heavy atom. The van der Waals surface area contributed by atoms with Gasteiger partial charge in [0, 0.05) is 23.5 Å². The summed E-state index contributed by atoms with van der Waals surface area (Å²) in [6.45, 7) is 0.427. The predicted octanol–water partition coefficient (Wildman–Crippen LogP) is 2.10. The normalized spacial score (nSPS) is 22.9. The summed E-state index contributed by atoms with van der Waals surface area (Å²) in [6, 6.07) is 6.93. The highest BCUT2D eigenvalue weighted by atomic mass is 35.5. The molecule has 1 saturated carbocycles. The molecular weight excluding hydrogens is 298 g/mol. The smallest absolute Gasteiger partial charge is 0.236 e. The van der Waals surface area contributed by atoms with Gasteiger partial charge in [-0.2, -0.15) is 4.31 Å². The average molecular weight is 314 g/mol. The molecule has 0 atom stereocenters. The van der Waals surface area contributed by atoms with Crippen LogP contribution in [-0.2, 0) is 10.0 Å². The Kier molecular flexibility index (Phi) is 3.41. The third kappa shape index (κ3) is 2.76. The van der Waals surface area contributed by atoms with Crippen molar-refractivity contribution >= 4 is 27.7 Å². The number of aliphatic hydroxyl groups is 1. The SMILES string of the molecule is O=S(=O)(C=Cc1ccc(Cl)cc1)N1CC(O)(C2CC2)C1. The van der Waals surface area contributed by atoms with Crippen LogP contribution in [0.5, 0.6) is 0 Å². The summed E-state index contributed by atoms with van der Waals surface area (Å²) in [4.78, 5) is 0. The first-order chi connectivity index (χ1) is 9.39. The van der Waals surface area contributed by atoms with E-state index in [1.54, 1.807) is 30.3 Å². The fraction of sp³-hybridized carbons (Fsp3) is 0.429. The van der Waals surface area contributed by atoms with Gasteiger partial charge in [0.25, 0.3) is 0 Å². The fourth-order valence-corrected chi connectivity index (χ4v) is 3.88. The summed E-state index contributed by atoms with van der Waals surface area (Å²) < 4.78 is 25.5. The van der Waals surface area contributed by atoms with Crippen molar-refractivity contribution < 1.29 is 13.5 Å². The number of β-amino-alcohol motifs (C(OH)–C–C–N with tert-alkyl or cyclic N) is 1. The van der Waals surface area contributed by atoms with Crippen molar-refractivity contribution in [3.8, 4) is 0 Å². The molecule has 108 valence electrons. The first-order valence-electron chi connectivity index (χ1n) is 6.55. The molecule has 1 N–H and O–H groups in total. The van der Waals surface area contributed by atoms with Gasteiger partial charge in [0.05, 0.1) is 5.60 Å². The molecule has 2 aliphatic rings. The second-order valence-electron chi connectivity index (χ2n) is 5.55. The molecule has 0 spiro atoms. The maximum atomic E-state index is 12.1. The third-order valence-electron chi connectivity index (χ3n) is 3.90. The number of nitrogens with zero attached hydrogens (tertiary/aromatic N) is 1. The van der Waals surface area contributed by atoms with Gasteiger partial charge in [-0.05, 0) is 42.5 Å². The van der Waals surface area contributed by atoms with Gasteiger partial charge in [-0.1, -0.05) is 23.7 Å². The molecule has 4 nitrogen and oxygen atoms in total. The average Bonchev–Trinajstić information content (AvgIpc) is 3.19. The van der Waals surface area contributed by atoms with E-state index in [0.29, 0.717) is 5.02 Å². The molecule has 0 bridgehead atoms. The maximum Gasteiger partial charge on any atom is 0.236 e. The van der Waals surface area contributed by atoms with Crippen LogP contribution in [0.25, 0.3) is 6.08 Å². The molecule has 0 amide bonds. The van der Waals surface area contributed by atoms with Gasteiger partial charge in [0.2, 0.25) is 10.0 Å². The zero-order chi connectivity index (χ0) is 14.4. The van der Waals surface area contributed by atoms with Crippen LogP contribution in [-0.4, -0.2) is 36.5 Å². The van der Waals surface area contributed by atoms with Crippen molar-refractivity contribution in [3.05, 3.63) is 40.3 Å². The molecule has 1 heterocycles. The molecular formula is C14H16ClNO3S. The first-order valence-corrected chi connectivity index (χ1v) is 8.43. The second-order valence-corrected chi connectivity index (χ2v) is 7.80. The summed E-state index contributed by atoms with van der Waals surface area (Å²) in [7, 11) is -3.45. The highest BCUT2D eigenvalue weighted by molar-refractivity contribution is 7.92. The number of hydrogen-bond donors (Lipinski definition) is 1. The van der Waals surface area contributed by atoms with Crippen molar-refractivity contribution in [2.24, 2.45) is 5.92 Å². The molecule has 1 aromatic rings. The van der Waals surface area contributed by atoms with E-state index in [1.165, 1.54) is 9.71 Å². The summed E-state index contributed by atoms with van der Waals surface area (Å²) >= 11 is 5.77. The topological polar surface area (TPSA) is 57.6 Å². The van der Waals surface area contributed by atoms with Gasteiger partial charge < -0.3 is 5.11 Å². The highest BCUT2D eigenvalue weighted by Gasteiger charge is 2.54. The van der Waals surface area contributed by atoms with Crippen LogP contribution in [0.4, 0.5) is 0 Å². The fourth-order valence-electron chi connectivity index (χ4n) is 2.45. The molecule has 1 saturated heterocycles. The number of halogens is 1. The molecule has 2 fully saturated rings. The van der Waals surface area contributed by atoms with Crippen molar-refractivity contribution in [1.29, 1.82) is 0 Å². The van der Waals surface area contributed by atoms with E-state index >= 15 is 0 Å². The van der Waals surface area contributed by atoms with Crippen LogP contribution in [0.2, 0.25) is 5.02 Å². The van der Waals surface area contributed by atoms with E-state index in [4.69, 9.17) is 11.6 Å². The Labute approximate surface area is 123 Å². The predicted molar refractivity (Wildman–Crippen MR) is 78.7 cm³/mol. The van der Waals surface area contributed by atoms with Crippen LogP contribution >= 0.6 is 11.6 Å². The number of hydrogen-bond acceptors (Lipinski definition) is 3. The van der Waals surface area contributed by atoms with Crippen LogP contribution in [0.15, 0.2) is 29.7 Å². The maximum absolute atomic E-state index is 12.1. The molecule has 0 radical (unpaired) electrons. The zero-order valence-electron chi connectivity index (χ0n) is 10.9. The summed E-state index contributed by atoms with van der Waals surface area (Å²) in [5.74, 6) is 0.286. The van der Waals surface area contributed by atoms with Crippen molar-refractivity contribution in [2.45, 2.75) is 18.4 Å². The van der Waals surface area contributed by atoms with Crippen molar-refractivity contribution in [1.82, 2.24) is 4.31 Å². The zero-order valence-corrected chi connectivity index (χ0v) is 12.4. The van der Waals surface area contributed by atoms with Crippen molar-refractivity contribution in [2.75, 3.05) is 13.1 Å². The number of rotatable bonds is 4. The molecule has 3 rings (SSSR count). The van der Waals surface area contributed by atoms with Gasteiger partial charge >= 0.3 is 0 Å². The Balaban J connectivity index is 1.66. The minimum Gasteiger partial charge on any atom is -0.387 e. The molecule has 6 heteroatoms. The van der Waals surface area contributed by atoms with E-state index in [0.717, 1.165) is 18.4 Å². The lowest BCUT2D eigenvalue weighted by molar-refractivity contribution is -0.0759. The monoisotopic (exact) mass is 313 g/mol. The number of sulfonamides is 1. The van der Waals surface area contributed by atoms with Crippen LogP contribution in [0.3, 0.4) is 0 Å². The van der Waals surface area contributed by atoms with E-state index in [9.17, 15) is 13.5 Å². The van der Waals surface area contributed by atoms with Crippen LogP contribution < -0.4 is 0 Å². The Morgan fingerprint density at radius 1 is 1.25 bits per heavy atom. The largest absolute Gasteiger partial charge is 0.387 e. The first kappa shape index (κ1) is 14.1. The minimum atomic E-state index is -3.45. The molecule has 0 aromatic heterocycles. The third-order valence-corrected chi connectivity index (χ3v) is 5.61. The molecule has 0 unspecified atom stereocenters. The van der Waals surface area contributed by atoms with Gasteiger partial charge in [0.1, 0.15) is 0 Å². The quantitative estimate of drug-likeness (QED) is 0.926. The van der Waals surface area contributed by atoms with E-state index in [1.807, 2.05) is 0 Å². The molecule has 20 heavy (non-hydrogen) atoms. The standard InChI is InChI=1S/C14H16ClNO3S/c15-13-5-1-11(2-6-13)7-8-20(18,19)16-9-14(17,10-16)12-3-4-12/h1-2,5-8,12,17H,3-4,9-10H2. The van der Waals surface area contributed by atoms with E-state index < -0.39 is 15.6 Å². The van der Waals surface area contributed by atoms with Gasteiger partial charge in [0.15, 0.2) is 0 Å². The molecule has 1 aromatic carbocycles. The van der Waals surface area contributed by atoms with Gasteiger partial charge in [-0.3, -0.25) is 0 Å². The Morgan fingerprint density at radius 3 is 2.40 bits per heavy atom.